The Kier molecular flexibility index (Phi) is 3.25. The van der Waals surface area contributed by atoms with Crippen LogP contribution in [0.1, 0.15) is 32.1 Å². The SMILES string of the molecule is O=C(CC1CC2CCC1C2)Nc1cc(F)ccc1F. The second kappa shape index (κ2) is 4.91. The Bertz CT molecular complexity index is 503. The smallest absolute Gasteiger partial charge is 0.224 e. The van der Waals surface area contributed by atoms with E-state index < -0.39 is 11.6 Å². The summed E-state index contributed by atoms with van der Waals surface area (Å²) >= 11 is 0. The first-order chi connectivity index (χ1) is 9.11. The Morgan fingerprint density at radius 2 is 2.11 bits per heavy atom. The highest BCUT2D eigenvalue weighted by Crippen LogP contribution is 2.49. The number of anilines is 1. The lowest BCUT2D eigenvalue weighted by molar-refractivity contribution is -0.117. The zero-order chi connectivity index (χ0) is 13.4. The molecule has 1 amide bonds. The topological polar surface area (TPSA) is 29.1 Å². The first kappa shape index (κ1) is 12.6. The van der Waals surface area contributed by atoms with Gasteiger partial charge in [-0.15, -0.1) is 0 Å². The third-order valence-electron chi connectivity index (χ3n) is 4.53. The van der Waals surface area contributed by atoms with Crippen LogP contribution in [0, 0.1) is 29.4 Å². The molecule has 3 rings (SSSR count). The average molecular weight is 265 g/mol. The van der Waals surface area contributed by atoms with Crippen LogP contribution >= 0.6 is 0 Å². The van der Waals surface area contributed by atoms with Crippen molar-refractivity contribution in [1.82, 2.24) is 0 Å². The predicted molar refractivity (Wildman–Crippen MR) is 68.5 cm³/mol. The fourth-order valence-electron chi connectivity index (χ4n) is 3.66. The molecule has 3 atom stereocenters. The van der Waals surface area contributed by atoms with E-state index in [0.717, 1.165) is 30.5 Å². The standard InChI is InChI=1S/C15H17F2NO/c16-12-3-4-13(17)14(8-12)18-15(19)7-11-6-9-1-2-10(11)5-9/h3-4,8-11H,1-2,5-7H2,(H,18,19). The summed E-state index contributed by atoms with van der Waals surface area (Å²) in [6.45, 7) is 0. The quantitative estimate of drug-likeness (QED) is 0.886. The molecule has 19 heavy (non-hydrogen) atoms. The Morgan fingerprint density at radius 1 is 1.26 bits per heavy atom. The molecule has 2 nitrogen and oxygen atoms in total. The summed E-state index contributed by atoms with van der Waals surface area (Å²) in [6, 6.07) is 3.09. The molecule has 1 N–H and O–H groups in total. The van der Waals surface area contributed by atoms with E-state index in [9.17, 15) is 13.6 Å². The lowest BCUT2D eigenvalue weighted by Gasteiger charge is -2.20. The minimum absolute atomic E-state index is 0.0619. The van der Waals surface area contributed by atoms with Crippen molar-refractivity contribution in [2.45, 2.75) is 32.1 Å². The summed E-state index contributed by atoms with van der Waals surface area (Å²) in [4.78, 5) is 11.9. The second-order valence-electron chi connectivity index (χ2n) is 5.81. The Labute approximate surface area is 111 Å². The van der Waals surface area contributed by atoms with Gasteiger partial charge < -0.3 is 5.32 Å². The van der Waals surface area contributed by atoms with E-state index in [2.05, 4.69) is 5.32 Å². The van der Waals surface area contributed by atoms with Crippen molar-refractivity contribution in [1.29, 1.82) is 0 Å². The molecule has 4 heteroatoms. The number of carbonyl (C=O) groups is 1. The van der Waals surface area contributed by atoms with Gasteiger partial charge in [-0.2, -0.15) is 0 Å². The number of hydrogen-bond acceptors (Lipinski definition) is 1. The molecule has 2 aliphatic carbocycles. The first-order valence-corrected chi connectivity index (χ1v) is 6.86. The lowest BCUT2D eigenvalue weighted by Crippen LogP contribution is -2.20. The van der Waals surface area contributed by atoms with E-state index in [0.29, 0.717) is 18.3 Å². The molecule has 1 aromatic rings. The van der Waals surface area contributed by atoms with E-state index in [-0.39, 0.29) is 11.6 Å². The zero-order valence-electron chi connectivity index (χ0n) is 10.7. The average Bonchev–Trinajstić information content (AvgIpc) is 2.96. The summed E-state index contributed by atoms with van der Waals surface area (Å²) < 4.78 is 26.4. The molecular weight excluding hydrogens is 248 g/mol. The molecule has 1 aromatic carbocycles. The van der Waals surface area contributed by atoms with Gasteiger partial charge in [0.1, 0.15) is 11.6 Å². The molecule has 102 valence electrons. The molecule has 3 unspecified atom stereocenters. The van der Waals surface area contributed by atoms with Crippen molar-refractivity contribution in [3.63, 3.8) is 0 Å². The zero-order valence-corrected chi connectivity index (χ0v) is 10.7. The van der Waals surface area contributed by atoms with Gasteiger partial charge in [0.25, 0.3) is 0 Å². The Morgan fingerprint density at radius 3 is 2.79 bits per heavy atom. The van der Waals surface area contributed by atoms with E-state index in [1.807, 2.05) is 0 Å². The number of fused-ring (bicyclic) bond motifs is 2. The first-order valence-electron chi connectivity index (χ1n) is 6.86. The van der Waals surface area contributed by atoms with Crippen LogP contribution in [0.5, 0.6) is 0 Å². The van der Waals surface area contributed by atoms with Gasteiger partial charge in [-0.3, -0.25) is 4.79 Å². The van der Waals surface area contributed by atoms with Gasteiger partial charge in [-0.05, 0) is 49.1 Å². The maximum absolute atomic E-state index is 13.4. The van der Waals surface area contributed by atoms with Crippen molar-refractivity contribution in [2.75, 3.05) is 5.32 Å². The van der Waals surface area contributed by atoms with Gasteiger partial charge in [0.2, 0.25) is 5.91 Å². The highest BCUT2D eigenvalue weighted by Gasteiger charge is 2.40. The van der Waals surface area contributed by atoms with Crippen LogP contribution in [0.4, 0.5) is 14.5 Å². The number of carbonyl (C=O) groups excluding carboxylic acids is 1. The third kappa shape index (κ3) is 2.62. The van der Waals surface area contributed by atoms with Crippen LogP contribution in [0.2, 0.25) is 0 Å². The van der Waals surface area contributed by atoms with Crippen LogP contribution in [-0.4, -0.2) is 5.91 Å². The van der Waals surface area contributed by atoms with E-state index in [1.54, 1.807) is 0 Å². The Balaban J connectivity index is 1.61. The molecule has 2 fully saturated rings. The van der Waals surface area contributed by atoms with E-state index in [1.165, 1.54) is 19.3 Å². The summed E-state index contributed by atoms with van der Waals surface area (Å²) in [6.07, 6.45) is 5.30. The van der Waals surface area contributed by atoms with Gasteiger partial charge in [0.15, 0.2) is 0 Å². The molecule has 0 radical (unpaired) electrons. The third-order valence-corrected chi connectivity index (χ3v) is 4.53. The highest BCUT2D eigenvalue weighted by atomic mass is 19.1. The lowest BCUT2D eigenvalue weighted by atomic mass is 9.86. The van der Waals surface area contributed by atoms with Crippen molar-refractivity contribution in [3.05, 3.63) is 29.8 Å². The Hall–Kier alpha value is -1.45. The minimum atomic E-state index is -0.595. The van der Waals surface area contributed by atoms with Crippen LogP contribution in [0.3, 0.4) is 0 Å². The highest BCUT2D eigenvalue weighted by molar-refractivity contribution is 5.91. The van der Waals surface area contributed by atoms with Crippen molar-refractivity contribution in [3.8, 4) is 0 Å². The molecule has 0 spiro atoms. The molecule has 0 saturated heterocycles. The van der Waals surface area contributed by atoms with Crippen LogP contribution in [-0.2, 0) is 4.79 Å². The number of amides is 1. The molecule has 2 bridgehead atoms. The molecule has 0 aliphatic heterocycles. The maximum Gasteiger partial charge on any atom is 0.224 e. The van der Waals surface area contributed by atoms with Gasteiger partial charge >= 0.3 is 0 Å². The molecular formula is C15H17F2NO. The van der Waals surface area contributed by atoms with Gasteiger partial charge in [-0.25, -0.2) is 8.78 Å². The molecule has 2 saturated carbocycles. The maximum atomic E-state index is 13.4. The number of rotatable bonds is 3. The molecule has 0 aromatic heterocycles. The monoisotopic (exact) mass is 265 g/mol. The van der Waals surface area contributed by atoms with Crippen molar-refractivity contribution < 1.29 is 13.6 Å². The largest absolute Gasteiger partial charge is 0.324 e. The summed E-state index contributed by atoms with van der Waals surface area (Å²) in [7, 11) is 0. The number of hydrogen-bond donors (Lipinski definition) is 1. The number of benzene rings is 1. The number of nitrogens with one attached hydrogen (secondary N) is 1. The molecule has 2 aliphatic rings. The van der Waals surface area contributed by atoms with Crippen LogP contribution in [0.25, 0.3) is 0 Å². The fourth-order valence-corrected chi connectivity index (χ4v) is 3.66. The summed E-state index contributed by atoms with van der Waals surface area (Å²) in [5.74, 6) is 0.526. The fraction of sp³-hybridized carbons (Fsp3) is 0.533. The number of halogens is 2. The van der Waals surface area contributed by atoms with Gasteiger partial charge in [0.05, 0.1) is 5.69 Å². The summed E-state index contributed by atoms with van der Waals surface area (Å²) in [5.41, 5.74) is -0.0619. The van der Waals surface area contributed by atoms with Crippen molar-refractivity contribution in [2.24, 2.45) is 17.8 Å². The van der Waals surface area contributed by atoms with Crippen LogP contribution < -0.4 is 5.32 Å². The summed E-state index contributed by atoms with van der Waals surface area (Å²) in [5, 5.41) is 2.48. The minimum Gasteiger partial charge on any atom is -0.324 e. The van der Waals surface area contributed by atoms with Crippen LogP contribution in [0.15, 0.2) is 18.2 Å². The van der Waals surface area contributed by atoms with Gasteiger partial charge in [-0.1, -0.05) is 6.42 Å². The predicted octanol–water partition coefficient (Wildman–Crippen LogP) is 3.73. The molecule has 0 heterocycles. The second-order valence-corrected chi connectivity index (χ2v) is 5.81. The van der Waals surface area contributed by atoms with Gasteiger partial charge in [0, 0.05) is 12.5 Å². The van der Waals surface area contributed by atoms with E-state index >= 15 is 0 Å². The van der Waals surface area contributed by atoms with E-state index in [4.69, 9.17) is 0 Å². The van der Waals surface area contributed by atoms with Crippen molar-refractivity contribution >= 4 is 11.6 Å². The normalized spacial score (nSPS) is 28.6.